The van der Waals surface area contributed by atoms with Crippen molar-refractivity contribution in [3.05, 3.63) is 41.3 Å². The highest BCUT2D eigenvalue weighted by atomic mass is 16.5. The van der Waals surface area contributed by atoms with Gasteiger partial charge >= 0.3 is 0 Å². The molecule has 26 heavy (non-hydrogen) atoms. The van der Waals surface area contributed by atoms with E-state index in [2.05, 4.69) is 5.10 Å². The first-order valence-corrected chi connectivity index (χ1v) is 8.22. The lowest BCUT2D eigenvalue weighted by atomic mass is 10.00. The summed E-state index contributed by atoms with van der Waals surface area (Å²) in [6, 6.07) is 7.15. The Bertz CT molecular complexity index is 830. The first-order valence-electron chi connectivity index (χ1n) is 8.22. The number of carbonyl (C=O) groups excluding carboxylic acids is 1. The fourth-order valence-corrected chi connectivity index (χ4v) is 3.09. The predicted molar refractivity (Wildman–Crippen MR) is 96.0 cm³/mol. The normalized spacial score (nSPS) is 16.4. The van der Waals surface area contributed by atoms with Crippen molar-refractivity contribution in [2.75, 3.05) is 21.3 Å². The molecule has 7 nitrogen and oxygen atoms in total. The van der Waals surface area contributed by atoms with Crippen molar-refractivity contribution in [1.29, 1.82) is 0 Å². The van der Waals surface area contributed by atoms with E-state index >= 15 is 0 Å². The van der Waals surface area contributed by atoms with E-state index in [1.54, 1.807) is 21.3 Å². The van der Waals surface area contributed by atoms with Gasteiger partial charge in [0.25, 0.3) is 0 Å². The standard InChI is InChI=1S/C19H22N2O5/c1-11-6-7-16(26-11)14-10-15(21(20-14)12(2)22)13-8-17(23-3)19(25-5)18(9-13)24-4/h6-9,15H,10H2,1-5H3/t15-/m0/s1. The maximum atomic E-state index is 12.1. The predicted octanol–water partition coefficient (Wildman–Crippen LogP) is 3.31. The number of ether oxygens (including phenoxy) is 3. The van der Waals surface area contributed by atoms with Gasteiger partial charge in [-0.15, -0.1) is 0 Å². The largest absolute Gasteiger partial charge is 0.493 e. The molecule has 1 atom stereocenters. The Morgan fingerprint density at radius 1 is 1.15 bits per heavy atom. The van der Waals surface area contributed by atoms with E-state index < -0.39 is 0 Å². The van der Waals surface area contributed by atoms with Crippen molar-refractivity contribution in [3.8, 4) is 17.2 Å². The number of aryl methyl sites for hydroxylation is 1. The molecule has 0 saturated heterocycles. The molecule has 0 N–H and O–H groups in total. The van der Waals surface area contributed by atoms with Crippen LogP contribution in [0, 0.1) is 6.92 Å². The van der Waals surface area contributed by atoms with Gasteiger partial charge in [0.1, 0.15) is 17.2 Å². The molecule has 0 saturated carbocycles. The van der Waals surface area contributed by atoms with E-state index in [-0.39, 0.29) is 11.9 Å². The first-order chi connectivity index (χ1) is 12.5. The maximum Gasteiger partial charge on any atom is 0.240 e. The molecular weight excluding hydrogens is 336 g/mol. The summed E-state index contributed by atoms with van der Waals surface area (Å²) >= 11 is 0. The quantitative estimate of drug-likeness (QED) is 0.820. The second-order valence-electron chi connectivity index (χ2n) is 6.00. The Labute approximate surface area is 152 Å². The SMILES string of the molecule is COc1cc([C@@H]2CC(c3ccc(C)o3)=NN2C(C)=O)cc(OC)c1OC. The molecule has 138 valence electrons. The Kier molecular flexibility index (Phi) is 4.88. The third-order valence-corrected chi connectivity index (χ3v) is 4.33. The third kappa shape index (κ3) is 3.12. The minimum absolute atomic E-state index is 0.151. The van der Waals surface area contributed by atoms with E-state index in [9.17, 15) is 4.79 Å². The van der Waals surface area contributed by atoms with Crippen LogP contribution < -0.4 is 14.2 Å². The molecule has 1 aliphatic rings. The van der Waals surface area contributed by atoms with Gasteiger partial charge in [-0.2, -0.15) is 5.10 Å². The maximum absolute atomic E-state index is 12.1. The molecule has 2 heterocycles. The van der Waals surface area contributed by atoms with Gasteiger partial charge in [0, 0.05) is 13.3 Å². The summed E-state index contributed by atoms with van der Waals surface area (Å²) in [5.74, 6) is 2.90. The smallest absolute Gasteiger partial charge is 0.240 e. The van der Waals surface area contributed by atoms with Crippen LogP contribution in [0.3, 0.4) is 0 Å². The summed E-state index contributed by atoms with van der Waals surface area (Å²) in [6.07, 6.45) is 0.533. The lowest BCUT2D eigenvalue weighted by Crippen LogP contribution is -2.24. The number of rotatable bonds is 5. The zero-order valence-electron chi connectivity index (χ0n) is 15.5. The number of furan rings is 1. The minimum Gasteiger partial charge on any atom is -0.493 e. The molecule has 0 radical (unpaired) electrons. The molecule has 1 aromatic carbocycles. The van der Waals surface area contributed by atoms with E-state index in [0.29, 0.717) is 29.4 Å². The molecule has 0 bridgehead atoms. The van der Waals surface area contributed by atoms with Crippen molar-refractivity contribution in [2.45, 2.75) is 26.3 Å². The van der Waals surface area contributed by atoms with Gasteiger partial charge in [0.15, 0.2) is 11.5 Å². The average Bonchev–Trinajstić information content (AvgIpc) is 3.26. The van der Waals surface area contributed by atoms with Crippen LogP contribution in [0.4, 0.5) is 0 Å². The Morgan fingerprint density at radius 2 is 1.81 bits per heavy atom. The summed E-state index contributed by atoms with van der Waals surface area (Å²) in [5, 5.41) is 5.94. The zero-order valence-corrected chi connectivity index (χ0v) is 15.5. The van der Waals surface area contributed by atoms with Crippen LogP contribution in [-0.4, -0.2) is 38.0 Å². The van der Waals surface area contributed by atoms with Gasteiger partial charge < -0.3 is 18.6 Å². The van der Waals surface area contributed by atoms with Gasteiger partial charge in [-0.1, -0.05) is 0 Å². The molecule has 7 heteroatoms. The monoisotopic (exact) mass is 358 g/mol. The summed E-state index contributed by atoms with van der Waals surface area (Å²) in [6.45, 7) is 3.36. The van der Waals surface area contributed by atoms with E-state index in [1.807, 2.05) is 31.2 Å². The van der Waals surface area contributed by atoms with Crippen LogP contribution in [0.2, 0.25) is 0 Å². The number of nitrogens with zero attached hydrogens (tertiary/aromatic N) is 2. The number of methoxy groups -OCH3 is 3. The minimum atomic E-state index is -0.276. The van der Waals surface area contributed by atoms with Crippen molar-refractivity contribution in [2.24, 2.45) is 5.10 Å². The molecule has 1 aromatic heterocycles. The Balaban J connectivity index is 2.02. The van der Waals surface area contributed by atoms with Crippen LogP contribution in [0.25, 0.3) is 0 Å². The van der Waals surface area contributed by atoms with Crippen molar-refractivity contribution in [3.63, 3.8) is 0 Å². The lowest BCUT2D eigenvalue weighted by Gasteiger charge is -2.22. The summed E-state index contributed by atoms with van der Waals surface area (Å²) in [4.78, 5) is 12.1. The highest BCUT2D eigenvalue weighted by molar-refractivity contribution is 6.01. The van der Waals surface area contributed by atoms with E-state index in [0.717, 1.165) is 17.0 Å². The Hall–Kier alpha value is -2.96. The second-order valence-corrected chi connectivity index (χ2v) is 6.00. The van der Waals surface area contributed by atoms with Crippen LogP contribution in [0.1, 0.15) is 36.5 Å². The molecule has 2 aromatic rings. The average molecular weight is 358 g/mol. The zero-order chi connectivity index (χ0) is 18.8. The Morgan fingerprint density at radius 3 is 2.27 bits per heavy atom. The molecule has 3 rings (SSSR count). The van der Waals surface area contributed by atoms with Crippen LogP contribution in [-0.2, 0) is 4.79 Å². The molecule has 0 fully saturated rings. The van der Waals surface area contributed by atoms with E-state index in [4.69, 9.17) is 18.6 Å². The number of carbonyl (C=O) groups is 1. The number of hydrogen-bond acceptors (Lipinski definition) is 6. The molecule has 0 aliphatic carbocycles. The highest BCUT2D eigenvalue weighted by Gasteiger charge is 2.34. The molecule has 0 spiro atoms. The van der Waals surface area contributed by atoms with Gasteiger partial charge in [-0.05, 0) is 36.8 Å². The van der Waals surface area contributed by atoms with Crippen molar-refractivity contribution < 1.29 is 23.4 Å². The number of hydrogen-bond donors (Lipinski definition) is 0. The molecule has 1 aliphatic heterocycles. The number of benzene rings is 1. The van der Waals surface area contributed by atoms with Crippen LogP contribution in [0.5, 0.6) is 17.2 Å². The van der Waals surface area contributed by atoms with Crippen LogP contribution in [0.15, 0.2) is 33.8 Å². The summed E-state index contributed by atoms with van der Waals surface area (Å²) in [5.41, 5.74) is 1.57. The van der Waals surface area contributed by atoms with Crippen LogP contribution >= 0.6 is 0 Å². The first kappa shape index (κ1) is 17.8. The fraction of sp³-hybridized carbons (Fsp3) is 0.368. The third-order valence-electron chi connectivity index (χ3n) is 4.33. The van der Waals surface area contributed by atoms with Crippen molar-refractivity contribution in [1.82, 2.24) is 5.01 Å². The molecule has 1 amide bonds. The van der Waals surface area contributed by atoms with E-state index in [1.165, 1.54) is 11.9 Å². The number of amides is 1. The molecular formula is C19H22N2O5. The topological polar surface area (TPSA) is 73.5 Å². The van der Waals surface area contributed by atoms with Gasteiger partial charge in [0.2, 0.25) is 11.7 Å². The summed E-state index contributed by atoms with van der Waals surface area (Å²) < 4.78 is 21.9. The second kappa shape index (κ2) is 7.11. The summed E-state index contributed by atoms with van der Waals surface area (Å²) in [7, 11) is 4.68. The molecule has 0 unspecified atom stereocenters. The highest BCUT2D eigenvalue weighted by Crippen LogP contribution is 2.43. The van der Waals surface area contributed by atoms with Gasteiger partial charge in [-0.3, -0.25) is 4.79 Å². The lowest BCUT2D eigenvalue weighted by molar-refractivity contribution is -0.130. The number of hydrazone groups is 1. The van der Waals surface area contributed by atoms with Gasteiger partial charge in [-0.25, -0.2) is 5.01 Å². The van der Waals surface area contributed by atoms with Crippen molar-refractivity contribution >= 4 is 11.6 Å². The fourth-order valence-electron chi connectivity index (χ4n) is 3.09. The van der Waals surface area contributed by atoms with Gasteiger partial charge in [0.05, 0.1) is 27.4 Å².